The van der Waals surface area contributed by atoms with Crippen LogP contribution in [0.1, 0.15) is 19.8 Å². The molecule has 0 saturated carbocycles. The minimum atomic E-state index is -0.132. The van der Waals surface area contributed by atoms with Crippen LogP contribution in [0, 0.1) is 0 Å². The molecule has 3 nitrogen and oxygen atoms in total. The molecule has 0 aromatic rings. The first-order valence-electron chi connectivity index (χ1n) is 5.28. The SMILES string of the molecule is C=CN=C(C(=C)CCC)C(=O)C=CN(C)C. The summed E-state index contributed by atoms with van der Waals surface area (Å²) in [6, 6.07) is 0. The number of ketones is 1. The summed E-state index contributed by atoms with van der Waals surface area (Å²) in [5.41, 5.74) is 1.16. The molecule has 0 aliphatic carbocycles. The molecule has 0 aliphatic heterocycles. The van der Waals surface area contributed by atoms with Crippen LogP contribution in [-0.4, -0.2) is 30.5 Å². The molecule has 0 amide bonds. The van der Waals surface area contributed by atoms with Crippen LogP contribution in [-0.2, 0) is 4.79 Å². The van der Waals surface area contributed by atoms with E-state index in [4.69, 9.17) is 0 Å². The number of aliphatic imine (C=N–C) groups is 1. The van der Waals surface area contributed by atoms with Crippen molar-refractivity contribution in [2.45, 2.75) is 19.8 Å². The fourth-order valence-corrected chi connectivity index (χ4v) is 1.14. The maximum atomic E-state index is 11.8. The zero-order valence-electron chi connectivity index (χ0n) is 10.4. The molecule has 0 atom stereocenters. The fraction of sp³-hybridized carbons (Fsp3) is 0.385. The lowest BCUT2D eigenvalue weighted by molar-refractivity contribution is -0.108. The summed E-state index contributed by atoms with van der Waals surface area (Å²) >= 11 is 0. The van der Waals surface area contributed by atoms with Gasteiger partial charge in [-0.1, -0.05) is 26.5 Å². The topological polar surface area (TPSA) is 32.7 Å². The summed E-state index contributed by atoms with van der Waals surface area (Å²) in [6.07, 6.45) is 6.27. The van der Waals surface area contributed by atoms with E-state index in [-0.39, 0.29) is 5.78 Å². The zero-order valence-corrected chi connectivity index (χ0v) is 10.4. The summed E-state index contributed by atoms with van der Waals surface area (Å²) in [5, 5.41) is 0. The van der Waals surface area contributed by atoms with Gasteiger partial charge in [-0.3, -0.25) is 9.79 Å². The van der Waals surface area contributed by atoms with Crippen LogP contribution in [0.15, 0.2) is 42.2 Å². The summed E-state index contributed by atoms with van der Waals surface area (Å²) in [4.78, 5) is 17.6. The minimum Gasteiger partial charge on any atom is -0.383 e. The Kier molecular flexibility index (Phi) is 6.84. The fourth-order valence-electron chi connectivity index (χ4n) is 1.14. The molecule has 88 valence electrons. The Morgan fingerprint density at radius 3 is 2.50 bits per heavy atom. The van der Waals surface area contributed by atoms with Crippen molar-refractivity contribution in [1.82, 2.24) is 4.90 Å². The highest BCUT2D eigenvalue weighted by Crippen LogP contribution is 2.07. The Morgan fingerprint density at radius 1 is 1.44 bits per heavy atom. The highest BCUT2D eigenvalue weighted by atomic mass is 16.1. The number of allylic oxidation sites excluding steroid dienone is 2. The third-order valence-corrected chi connectivity index (χ3v) is 1.86. The van der Waals surface area contributed by atoms with E-state index in [1.807, 2.05) is 21.0 Å². The van der Waals surface area contributed by atoms with E-state index in [9.17, 15) is 4.79 Å². The maximum absolute atomic E-state index is 11.8. The molecular weight excluding hydrogens is 200 g/mol. The lowest BCUT2D eigenvalue weighted by atomic mass is 10.0. The number of carbonyl (C=O) groups is 1. The van der Waals surface area contributed by atoms with Crippen LogP contribution in [0.3, 0.4) is 0 Å². The predicted octanol–water partition coefficient (Wildman–Crippen LogP) is 2.57. The van der Waals surface area contributed by atoms with Crippen molar-refractivity contribution in [2.75, 3.05) is 14.1 Å². The lowest BCUT2D eigenvalue weighted by Crippen LogP contribution is -2.14. The van der Waals surface area contributed by atoms with Gasteiger partial charge in [-0.25, -0.2) is 0 Å². The van der Waals surface area contributed by atoms with Gasteiger partial charge < -0.3 is 4.90 Å². The van der Waals surface area contributed by atoms with Gasteiger partial charge in [0.1, 0.15) is 5.71 Å². The maximum Gasteiger partial charge on any atom is 0.205 e. The zero-order chi connectivity index (χ0) is 12.6. The van der Waals surface area contributed by atoms with Gasteiger partial charge in [0.25, 0.3) is 0 Å². The van der Waals surface area contributed by atoms with Crippen LogP contribution in [0.4, 0.5) is 0 Å². The molecule has 0 saturated heterocycles. The summed E-state index contributed by atoms with van der Waals surface area (Å²) in [6.45, 7) is 9.41. The van der Waals surface area contributed by atoms with Gasteiger partial charge in [0, 0.05) is 32.6 Å². The average Bonchev–Trinajstić information content (AvgIpc) is 2.22. The van der Waals surface area contributed by atoms with Crippen LogP contribution < -0.4 is 0 Å². The van der Waals surface area contributed by atoms with Gasteiger partial charge in [0.05, 0.1) is 0 Å². The van der Waals surface area contributed by atoms with Crippen molar-refractivity contribution < 1.29 is 4.79 Å². The van der Waals surface area contributed by atoms with Crippen LogP contribution in [0.25, 0.3) is 0 Å². The van der Waals surface area contributed by atoms with Gasteiger partial charge in [0.15, 0.2) is 0 Å². The first kappa shape index (κ1) is 14.4. The van der Waals surface area contributed by atoms with E-state index in [0.29, 0.717) is 5.71 Å². The molecule has 0 N–H and O–H groups in total. The summed E-state index contributed by atoms with van der Waals surface area (Å²) < 4.78 is 0. The molecule has 16 heavy (non-hydrogen) atoms. The molecular formula is C13H20N2O. The standard InChI is InChI=1S/C13H20N2O/c1-6-8-11(3)13(14-7-2)12(16)9-10-15(4)5/h7,9-10H,2-3,6,8H2,1,4-5H3. The van der Waals surface area contributed by atoms with Gasteiger partial charge in [-0.15, -0.1) is 0 Å². The van der Waals surface area contributed by atoms with Crippen molar-refractivity contribution >= 4 is 11.5 Å². The van der Waals surface area contributed by atoms with Gasteiger partial charge in [-0.05, 0) is 12.0 Å². The summed E-state index contributed by atoms with van der Waals surface area (Å²) in [7, 11) is 3.71. The Labute approximate surface area is 97.9 Å². The van der Waals surface area contributed by atoms with Crippen molar-refractivity contribution in [3.05, 3.63) is 37.2 Å². The molecule has 0 fully saturated rings. The van der Waals surface area contributed by atoms with Gasteiger partial charge in [0.2, 0.25) is 5.78 Å². The molecule has 0 aromatic heterocycles. The van der Waals surface area contributed by atoms with E-state index in [1.54, 1.807) is 11.1 Å². The van der Waals surface area contributed by atoms with E-state index < -0.39 is 0 Å². The van der Waals surface area contributed by atoms with E-state index in [0.717, 1.165) is 18.4 Å². The first-order valence-corrected chi connectivity index (χ1v) is 5.28. The molecule has 0 aromatic carbocycles. The second-order valence-corrected chi connectivity index (χ2v) is 3.66. The number of nitrogens with zero attached hydrogens (tertiary/aromatic N) is 2. The summed E-state index contributed by atoms with van der Waals surface area (Å²) in [5.74, 6) is -0.132. The third-order valence-electron chi connectivity index (χ3n) is 1.86. The van der Waals surface area contributed by atoms with E-state index in [1.165, 1.54) is 12.3 Å². The predicted molar refractivity (Wildman–Crippen MR) is 69.5 cm³/mol. The molecule has 0 rings (SSSR count). The Morgan fingerprint density at radius 2 is 2.06 bits per heavy atom. The second kappa shape index (κ2) is 7.63. The lowest BCUT2D eigenvalue weighted by Gasteiger charge is -2.06. The Hall–Kier alpha value is -1.64. The van der Waals surface area contributed by atoms with Crippen LogP contribution >= 0.6 is 0 Å². The van der Waals surface area contributed by atoms with E-state index in [2.05, 4.69) is 18.2 Å². The third kappa shape index (κ3) is 5.29. The molecule has 0 heterocycles. The number of carbonyl (C=O) groups excluding carboxylic acids is 1. The van der Waals surface area contributed by atoms with Crippen molar-refractivity contribution in [1.29, 1.82) is 0 Å². The highest BCUT2D eigenvalue weighted by Gasteiger charge is 2.10. The highest BCUT2D eigenvalue weighted by molar-refractivity contribution is 6.49. The normalized spacial score (nSPS) is 11.6. The van der Waals surface area contributed by atoms with Crippen LogP contribution in [0.5, 0.6) is 0 Å². The molecule has 0 aliphatic rings. The largest absolute Gasteiger partial charge is 0.383 e. The van der Waals surface area contributed by atoms with E-state index >= 15 is 0 Å². The molecule has 0 spiro atoms. The number of hydrogen-bond acceptors (Lipinski definition) is 3. The van der Waals surface area contributed by atoms with Gasteiger partial charge in [-0.2, -0.15) is 0 Å². The van der Waals surface area contributed by atoms with Crippen molar-refractivity contribution in [3.8, 4) is 0 Å². The van der Waals surface area contributed by atoms with Crippen LogP contribution in [0.2, 0.25) is 0 Å². The average molecular weight is 220 g/mol. The Bertz CT molecular complexity index is 325. The van der Waals surface area contributed by atoms with Gasteiger partial charge >= 0.3 is 0 Å². The second-order valence-electron chi connectivity index (χ2n) is 3.66. The smallest absolute Gasteiger partial charge is 0.205 e. The molecule has 0 bridgehead atoms. The van der Waals surface area contributed by atoms with Crippen molar-refractivity contribution in [2.24, 2.45) is 4.99 Å². The monoisotopic (exact) mass is 220 g/mol. The Balaban J connectivity index is 4.80. The minimum absolute atomic E-state index is 0.132. The molecule has 3 heteroatoms. The first-order chi connectivity index (χ1) is 7.52. The quantitative estimate of drug-likeness (QED) is 0.488. The number of rotatable bonds is 7. The number of hydrogen-bond donors (Lipinski definition) is 0. The molecule has 0 radical (unpaired) electrons. The molecule has 0 unspecified atom stereocenters. The van der Waals surface area contributed by atoms with Crippen molar-refractivity contribution in [3.63, 3.8) is 0 Å².